The monoisotopic (exact) mass is 493 g/mol. The Kier molecular flexibility index (Phi) is 6.37. The van der Waals surface area contributed by atoms with Gasteiger partial charge in [-0.3, -0.25) is 9.36 Å². The molecule has 1 atom stereocenters. The second-order valence-electron chi connectivity index (χ2n) is 7.50. The van der Waals surface area contributed by atoms with Crippen molar-refractivity contribution in [3.05, 3.63) is 89.6 Å². The van der Waals surface area contributed by atoms with Gasteiger partial charge in [0.15, 0.2) is 5.16 Å². The number of hydrogen-bond donors (Lipinski definition) is 0. The van der Waals surface area contributed by atoms with Gasteiger partial charge in [-0.15, -0.1) is 10.2 Å². The summed E-state index contributed by atoms with van der Waals surface area (Å²) < 4.78 is 12.7. The van der Waals surface area contributed by atoms with E-state index >= 15 is 0 Å². The van der Waals surface area contributed by atoms with Gasteiger partial charge in [-0.1, -0.05) is 35.5 Å². The Morgan fingerprint density at radius 3 is 2.68 bits per heavy atom. The second-order valence-corrected chi connectivity index (χ2v) is 8.88. The van der Waals surface area contributed by atoms with Crippen molar-refractivity contribution in [2.24, 2.45) is 5.10 Å². The molecule has 172 valence electrons. The van der Waals surface area contributed by atoms with Gasteiger partial charge in [0.25, 0.3) is 5.91 Å². The third kappa shape index (κ3) is 4.57. The molecule has 4 aromatic rings. The predicted octanol–water partition coefficient (Wildman–Crippen LogP) is 4.99. The summed E-state index contributed by atoms with van der Waals surface area (Å²) in [5.41, 5.74) is 2.60. The first-order chi connectivity index (χ1) is 16.6. The first kappa shape index (κ1) is 22.2. The highest BCUT2D eigenvalue weighted by atomic mass is 35.5. The molecule has 0 bridgehead atoms. The van der Waals surface area contributed by atoms with E-state index in [9.17, 15) is 4.79 Å². The van der Waals surface area contributed by atoms with Crippen molar-refractivity contribution >= 4 is 35.0 Å². The van der Waals surface area contributed by atoms with E-state index in [1.807, 2.05) is 65.2 Å². The van der Waals surface area contributed by atoms with Crippen LogP contribution in [0.25, 0.3) is 5.69 Å². The number of amides is 1. The maximum atomic E-state index is 13.3. The number of carbonyl (C=O) groups excluding carboxylic acids is 1. The molecule has 0 saturated carbocycles. The van der Waals surface area contributed by atoms with Gasteiger partial charge in [-0.25, -0.2) is 5.01 Å². The highest BCUT2D eigenvalue weighted by Gasteiger charge is 2.35. The average molecular weight is 494 g/mol. The maximum absolute atomic E-state index is 13.3. The van der Waals surface area contributed by atoms with Gasteiger partial charge >= 0.3 is 0 Å². The van der Waals surface area contributed by atoms with E-state index in [1.54, 1.807) is 19.7 Å². The number of benzene rings is 2. The smallest absolute Gasteiger partial charge is 0.253 e. The lowest BCUT2D eigenvalue weighted by atomic mass is 10.0. The molecular formula is C24H20ClN5O3S. The minimum atomic E-state index is -0.312. The molecule has 1 amide bonds. The van der Waals surface area contributed by atoms with Gasteiger partial charge in [0.05, 0.1) is 24.8 Å². The summed E-state index contributed by atoms with van der Waals surface area (Å²) in [4.78, 5) is 13.3. The van der Waals surface area contributed by atoms with Crippen LogP contribution in [0, 0.1) is 0 Å². The molecule has 0 fully saturated rings. The fourth-order valence-corrected chi connectivity index (χ4v) is 4.60. The number of hydrazone groups is 1. The molecule has 1 aliphatic heterocycles. The highest BCUT2D eigenvalue weighted by Crippen LogP contribution is 2.34. The molecule has 5 rings (SSSR count). The third-order valence-electron chi connectivity index (χ3n) is 5.41. The number of aromatic nitrogens is 3. The van der Waals surface area contributed by atoms with Gasteiger partial charge in [0.2, 0.25) is 0 Å². The number of hydrogen-bond acceptors (Lipinski definition) is 7. The number of ether oxygens (including phenoxy) is 1. The van der Waals surface area contributed by atoms with E-state index in [0.717, 1.165) is 22.7 Å². The molecule has 2 aromatic carbocycles. The summed E-state index contributed by atoms with van der Waals surface area (Å²) in [6.07, 6.45) is 3.77. The number of furan rings is 1. The summed E-state index contributed by atoms with van der Waals surface area (Å²) in [6.45, 7) is 0. The zero-order valence-electron chi connectivity index (χ0n) is 18.2. The van der Waals surface area contributed by atoms with Crippen LogP contribution in [-0.2, 0) is 4.79 Å². The number of methoxy groups -OCH3 is 1. The molecule has 2 aromatic heterocycles. The number of rotatable bonds is 7. The molecule has 1 aliphatic rings. The van der Waals surface area contributed by atoms with E-state index in [0.29, 0.717) is 22.4 Å². The molecule has 0 spiro atoms. The van der Waals surface area contributed by atoms with Crippen molar-refractivity contribution in [3.8, 4) is 11.4 Å². The first-order valence-corrected chi connectivity index (χ1v) is 11.8. The summed E-state index contributed by atoms with van der Waals surface area (Å²) in [5.74, 6) is 1.43. The average Bonchev–Trinajstić information content (AvgIpc) is 3.63. The third-order valence-corrected chi connectivity index (χ3v) is 6.59. The molecule has 10 heteroatoms. The fourth-order valence-electron chi connectivity index (χ4n) is 3.69. The van der Waals surface area contributed by atoms with Crippen LogP contribution >= 0.6 is 23.4 Å². The Morgan fingerprint density at radius 1 is 1.18 bits per heavy atom. The highest BCUT2D eigenvalue weighted by molar-refractivity contribution is 7.99. The van der Waals surface area contributed by atoms with Crippen LogP contribution in [0.3, 0.4) is 0 Å². The van der Waals surface area contributed by atoms with Crippen molar-refractivity contribution in [1.29, 1.82) is 0 Å². The minimum absolute atomic E-state index is 0.142. The van der Waals surface area contributed by atoms with E-state index in [-0.39, 0.29) is 17.7 Å². The van der Waals surface area contributed by atoms with E-state index in [4.69, 9.17) is 20.8 Å². The van der Waals surface area contributed by atoms with Crippen LogP contribution in [0.15, 0.2) is 87.9 Å². The largest absolute Gasteiger partial charge is 0.497 e. The summed E-state index contributed by atoms with van der Waals surface area (Å²) in [6, 6.07) is 18.3. The standard InChI is InChI=1S/C24H20ClN5O3S/c1-32-19-10-8-18(9-11-19)29-15-26-27-24(29)34-14-23(31)30-21(22-3-2-12-33-22)13-20(28-30)16-4-6-17(25)7-5-16/h2-12,15,21H,13-14H2,1H3/t21-/m0/s1. The zero-order valence-corrected chi connectivity index (χ0v) is 19.7. The van der Waals surface area contributed by atoms with Crippen LogP contribution in [0.1, 0.15) is 23.8 Å². The van der Waals surface area contributed by atoms with Crippen molar-refractivity contribution < 1.29 is 13.9 Å². The van der Waals surface area contributed by atoms with Gasteiger partial charge in [-0.05, 0) is 54.1 Å². The molecule has 0 saturated heterocycles. The quantitative estimate of drug-likeness (QED) is 0.337. The van der Waals surface area contributed by atoms with Gasteiger partial charge in [0, 0.05) is 17.1 Å². The molecule has 0 aliphatic carbocycles. The van der Waals surface area contributed by atoms with Crippen molar-refractivity contribution in [1.82, 2.24) is 19.8 Å². The van der Waals surface area contributed by atoms with Crippen LogP contribution < -0.4 is 4.74 Å². The van der Waals surface area contributed by atoms with E-state index in [2.05, 4.69) is 15.3 Å². The molecule has 0 radical (unpaired) electrons. The van der Waals surface area contributed by atoms with Crippen LogP contribution in [0.4, 0.5) is 0 Å². The Labute approximate surface area is 205 Å². The predicted molar refractivity (Wildman–Crippen MR) is 130 cm³/mol. The van der Waals surface area contributed by atoms with Gasteiger partial charge in [-0.2, -0.15) is 5.10 Å². The summed E-state index contributed by atoms with van der Waals surface area (Å²) in [5, 5.41) is 15.6. The second kappa shape index (κ2) is 9.74. The fraction of sp³-hybridized carbons (Fsp3) is 0.167. The Hall–Kier alpha value is -3.56. The topological polar surface area (TPSA) is 85.8 Å². The molecule has 0 N–H and O–H groups in total. The maximum Gasteiger partial charge on any atom is 0.253 e. The number of carbonyl (C=O) groups is 1. The Bertz CT molecular complexity index is 1300. The Morgan fingerprint density at radius 2 is 1.97 bits per heavy atom. The number of halogens is 1. The molecule has 3 heterocycles. The first-order valence-electron chi connectivity index (χ1n) is 10.5. The lowest BCUT2D eigenvalue weighted by Gasteiger charge is -2.19. The van der Waals surface area contributed by atoms with Crippen LogP contribution in [0.5, 0.6) is 5.75 Å². The molecule has 34 heavy (non-hydrogen) atoms. The van der Waals surface area contributed by atoms with Crippen molar-refractivity contribution in [2.75, 3.05) is 12.9 Å². The van der Waals surface area contributed by atoms with E-state index < -0.39 is 0 Å². The SMILES string of the molecule is COc1ccc(-n2cnnc2SCC(=O)N2N=C(c3ccc(Cl)cc3)C[C@H]2c2ccco2)cc1. The normalized spacial score (nSPS) is 15.4. The van der Waals surface area contributed by atoms with Gasteiger partial charge in [0.1, 0.15) is 23.9 Å². The molecule has 8 nitrogen and oxygen atoms in total. The van der Waals surface area contributed by atoms with Crippen LogP contribution in [-0.4, -0.2) is 44.3 Å². The van der Waals surface area contributed by atoms with Crippen LogP contribution in [0.2, 0.25) is 5.02 Å². The summed E-state index contributed by atoms with van der Waals surface area (Å²) >= 11 is 7.33. The zero-order chi connectivity index (χ0) is 23.5. The lowest BCUT2D eigenvalue weighted by molar-refractivity contribution is -0.130. The number of nitrogens with zero attached hydrogens (tertiary/aromatic N) is 5. The van der Waals surface area contributed by atoms with E-state index in [1.165, 1.54) is 16.8 Å². The van der Waals surface area contributed by atoms with Crippen molar-refractivity contribution in [3.63, 3.8) is 0 Å². The number of thioether (sulfide) groups is 1. The minimum Gasteiger partial charge on any atom is -0.497 e. The van der Waals surface area contributed by atoms with Crippen molar-refractivity contribution in [2.45, 2.75) is 17.6 Å². The van der Waals surface area contributed by atoms with Gasteiger partial charge < -0.3 is 9.15 Å². The summed E-state index contributed by atoms with van der Waals surface area (Å²) in [7, 11) is 1.62. The molecular weight excluding hydrogens is 474 g/mol. The lowest BCUT2D eigenvalue weighted by Crippen LogP contribution is -2.28. The molecule has 0 unspecified atom stereocenters. The Balaban J connectivity index is 1.34.